The standard InChI is InChI=1S/C21H16N6OS2/c22-11-16-8-10-29-20(16)24-18(28)14-30-21-26-25-19(17-7-4-9-23-12-17)27(21)13-15-5-2-1-3-6-15/h1-10,12H,13-14H2,(H,24,28). The van der Waals surface area contributed by atoms with Gasteiger partial charge in [0.2, 0.25) is 5.91 Å². The second kappa shape index (κ2) is 9.35. The van der Waals surface area contributed by atoms with E-state index in [2.05, 4.69) is 26.6 Å². The lowest BCUT2D eigenvalue weighted by Crippen LogP contribution is -2.14. The fourth-order valence-corrected chi connectivity index (χ4v) is 4.29. The van der Waals surface area contributed by atoms with E-state index in [-0.39, 0.29) is 11.7 Å². The summed E-state index contributed by atoms with van der Waals surface area (Å²) in [6, 6.07) is 17.5. The molecule has 4 rings (SSSR count). The van der Waals surface area contributed by atoms with Gasteiger partial charge in [0.15, 0.2) is 11.0 Å². The summed E-state index contributed by atoms with van der Waals surface area (Å²) in [4.78, 5) is 16.6. The molecule has 0 unspecified atom stereocenters. The van der Waals surface area contributed by atoms with Crippen molar-refractivity contribution in [3.63, 3.8) is 0 Å². The molecule has 1 aromatic carbocycles. The number of hydrogen-bond donors (Lipinski definition) is 1. The van der Waals surface area contributed by atoms with Gasteiger partial charge in [-0.15, -0.1) is 21.5 Å². The highest BCUT2D eigenvalue weighted by molar-refractivity contribution is 7.99. The topological polar surface area (TPSA) is 96.5 Å². The first kappa shape index (κ1) is 19.8. The maximum Gasteiger partial charge on any atom is 0.235 e. The monoisotopic (exact) mass is 432 g/mol. The van der Waals surface area contributed by atoms with Gasteiger partial charge in [0.25, 0.3) is 0 Å². The van der Waals surface area contributed by atoms with E-state index in [1.165, 1.54) is 23.1 Å². The molecule has 7 nitrogen and oxygen atoms in total. The van der Waals surface area contributed by atoms with Crippen LogP contribution in [0.4, 0.5) is 5.00 Å². The van der Waals surface area contributed by atoms with Crippen molar-refractivity contribution in [2.75, 3.05) is 11.1 Å². The Kier molecular flexibility index (Phi) is 6.17. The zero-order valence-corrected chi connectivity index (χ0v) is 17.4. The van der Waals surface area contributed by atoms with Crippen LogP contribution in [-0.4, -0.2) is 31.4 Å². The highest BCUT2D eigenvalue weighted by atomic mass is 32.2. The molecule has 1 amide bonds. The Labute approximate surface area is 181 Å². The molecule has 9 heteroatoms. The van der Waals surface area contributed by atoms with Gasteiger partial charge in [-0.2, -0.15) is 5.26 Å². The third kappa shape index (κ3) is 4.56. The molecular formula is C21H16N6OS2. The second-order valence-electron chi connectivity index (χ2n) is 6.23. The molecule has 0 saturated carbocycles. The average molecular weight is 433 g/mol. The number of thiophene rings is 1. The molecule has 0 bridgehead atoms. The first-order chi connectivity index (χ1) is 14.7. The van der Waals surface area contributed by atoms with Gasteiger partial charge >= 0.3 is 0 Å². The first-order valence-corrected chi connectivity index (χ1v) is 10.9. The predicted molar refractivity (Wildman–Crippen MR) is 117 cm³/mol. The van der Waals surface area contributed by atoms with E-state index >= 15 is 0 Å². The minimum Gasteiger partial charge on any atom is -0.316 e. The zero-order chi connectivity index (χ0) is 20.8. The van der Waals surface area contributed by atoms with E-state index in [9.17, 15) is 4.79 Å². The van der Waals surface area contributed by atoms with Gasteiger partial charge in [0.05, 0.1) is 17.9 Å². The van der Waals surface area contributed by atoms with E-state index in [4.69, 9.17) is 5.26 Å². The summed E-state index contributed by atoms with van der Waals surface area (Å²) in [5, 5.41) is 23.5. The van der Waals surface area contributed by atoms with Crippen LogP contribution in [0.3, 0.4) is 0 Å². The molecule has 0 radical (unpaired) electrons. The second-order valence-corrected chi connectivity index (χ2v) is 8.09. The summed E-state index contributed by atoms with van der Waals surface area (Å²) in [6.45, 7) is 0.575. The number of benzene rings is 1. The summed E-state index contributed by atoms with van der Waals surface area (Å²) in [6.07, 6.45) is 3.45. The molecule has 148 valence electrons. The minimum atomic E-state index is -0.198. The van der Waals surface area contributed by atoms with Crippen LogP contribution in [0.25, 0.3) is 11.4 Å². The van der Waals surface area contributed by atoms with Crippen LogP contribution in [-0.2, 0) is 11.3 Å². The van der Waals surface area contributed by atoms with Gasteiger partial charge in [0, 0.05) is 18.0 Å². The van der Waals surface area contributed by atoms with E-state index in [1.807, 2.05) is 47.0 Å². The molecule has 0 saturated heterocycles. The smallest absolute Gasteiger partial charge is 0.235 e. The van der Waals surface area contributed by atoms with Gasteiger partial charge in [-0.05, 0) is 29.1 Å². The molecular weight excluding hydrogens is 416 g/mol. The summed E-state index contributed by atoms with van der Waals surface area (Å²) < 4.78 is 1.98. The minimum absolute atomic E-state index is 0.155. The lowest BCUT2D eigenvalue weighted by Gasteiger charge is -2.10. The number of nitrogens with zero attached hydrogens (tertiary/aromatic N) is 5. The molecule has 0 atom stereocenters. The Morgan fingerprint density at radius 1 is 1.17 bits per heavy atom. The van der Waals surface area contributed by atoms with Crippen LogP contribution in [0.2, 0.25) is 0 Å². The predicted octanol–water partition coefficient (Wildman–Crippen LogP) is 4.05. The van der Waals surface area contributed by atoms with Gasteiger partial charge in [-0.25, -0.2) is 0 Å². The zero-order valence-electron chi connectivity index (χ0n) is 15.7. The number of pyridine rings is 1. The fourth-order valence-electron chi connectivity index (χ4n) is 2.80. The Hall–Kier alpha value is -3.48. The number of thioether (sulfide) groups is 1. The third-order valence-electron chi connectivity index (χ3n) is 4.19. The normalized spacial score (nSPS) is 10.5. The Morgan fingerprint density at radius 2 is 2.03 bits per heavy atom. The highest BCUT2D eigenvalue weighted by Crippen LogP contribution is 2.26. The van der Waals surface area contributed by atoms with Gasteiger partial charge in [-0.1, -0.05) is 42.1 Å². The summed E-state index contributed by atoms with van der Waals surface area (Å²) in [7, 11) is 0. The van der Waals surface area contributed by atoms with Crippen LogP contribution in [0.15, 0.2) is 71.5 Å². The van der Waals surface area contributed by atoms with Crippen LogP contribution < -0.4 is 5.32 Å². The Morgan fingerprint density at radius 3 is 2.80 bits per heavy atom. The van der Waals surface area contributed by atoms with Crippen LogP contribution >= 0.6 is 23.1 Å². The van der Waals surface area contributed by atoms with Crippen molar-refractivity contribution in [2.24, 2.45) is 0 Å². The largest absolute Gasteiger partial charge is 0.316 e. The number of carbonyl (C=O) groups excluding carboxylic acids is 1. The molecule has 0 aliphatic carbocycles. The Bertz CT molecular complexity index is 1180. The van der Waals surface area contributed by atoms with Crippen molar-refractivity contribution in [3.8, 4) is 17.5 Å². The molecule has 30 heavy (non-hydrogen) atoms. The van der Waals surface area contributed by atoms with Crippen LogP contribution in [0, 0.1) is 11.3 Å². The summed E-state index contributed by atoms with van der Waals surface area (Å²) in [5.74, 6) is 0.652. The van der Waals surface area contributed by atoms with E-state index in [1.54, 1.807) is 23.8 Å². The van der Waals surface area contributed by atoms with Gasteiger partial charge in [0.1, 0.15) is 11.1 Å². The highest BCUT2D eigenvalue weighted by Gasteiger charge is 2.17. The van der Waals surface area contributed by atoms with Crippen molar-refractivity contribution in [2.45, 2.75) is 11.7 Å². The SMILES string of the molecule is N#Cc1ccsc1NC(=O)CSc1nnc(-c2cccnc2)n1Cc1ccccc1. The number of amides is 1. The number of nitriles is 1. The van der Waals surface area contributed by atoms with Crippen molar-refractivity contribution >= 4 is 34.0 Å². The summed E-state index contributed by atoms with van der Waals surface area (Å²) in [5.41, 5.74) is 2.42. The molecule has 4 aromatic rings. The van der Waals surface area contributed by atoms with Crippen molar-refractivity contribution in [1.29, 1.82) is 5.26 Å². The fraction of sp³-hybridized carbons (Fsp3) is 0.0952. The number of aromatic nitrogens is 4. The number of carbonyl (C=O) groups is 1. The molecule has 0 aliphatic rings. The third-order valence-corrected chi connectivity index (χ3v) is 5.99. The quantitative estimate of drug-likeness (QED) is 0.443. The van der Waals surface area contributed by atoms with Crippen molar-refractivity contribution < 1.29 is 4.79 Å². The molecule has 3 heterocycles. The lowest BCUT2D eigenvalue weighted by atomic mass is 10.2. The first-order valence-electron chi connectivity index (χ1n) is 9.02. The average Bonchev–Trinajstić information content (AvgIpc) is 3.40. The molecule has 0 aliphatic heterocycles. The van der Waals surface area contributed by atoms with Gasteiger partial charge in [-0.3, -0.25) is 14.3 Å². The Balaban J connectivity index is 1.54. The number of rotatable bonds is 7. The molecule has 3 aromatic heterocycles. The van der Waals surface area contributed by atoms with Crippen LogP contribution in [0.1, 0.15) is 11.1 Å². The van der Waals surface area contributed by atoms with Crippen molar-refractivity contribution in [3.05, 3.63) is 77.4 Å². The lowest BCUT2D eigenvalue weighted by molar-refractivity contribution is -0.113. The van der Waals surface area contributed by atoms with E-state index in [0.29, 0.717) is 28.1 Å². The molecule has 0 spiro atoms. The summed E-state index contributed by atoms with van der Waals surface area (Å²) >= 11 is 2.63. The molecule has 0 fully saturated rings. The number of hydrogen-bond acceptors (Lipinski definition) is 7. The molecule has 1 N–H and O–H groups in total. The number of nitrogens with one attached hydrogen (secondary N) is 1. The van der Waals surface area contributed by atoms with E-state index in [0.717, 1.165) is 11.1 Å². The maximum atomic E-state index is 12.4. The maximum absolute atomic E-state index is 12.4. The van der Waals surface area contributed by atoms with Crippen molar-refractivity contribution in [1.82, 2.24) is 19.7 Å². The van der Waals surface area contributed by atoms with Crippen LogP contribution in [0.5, 0.6) is 0 Å². The number of anilines is 1. The van der Waals surface area contributed by atoms with Gasteiger partial charge < -0.3 is 5.32 Å². The van der Waals surface area contributed by atoms with E-state index < -0.39 is 0 Å².